The van der Waals surface area contributed by atoms with Crippen molar-refractivity contribution in [2.75, 3.05) is 19.8 Å². The van der Waals surface area contributed by atoms with Crippen LogP contribution in [0.4, 0.5) is 0 Å². The molecule has 1 saturated heterocycles. The highest BCUT2D eigenvalue weighted by Gasteiger charge is 2.44. The molecule has 72 heavy (non-hydrogen) atoms. The Bertz CT molecular complexity index is 1380. The summed E-state index contributed by atoms with van der Waals surface area (Å²) in [5.41, 5.74) is 0. The van der Waals surface area contributed by atoms with E-state index in [1.165, 1.54) is 128 Å². The fraction of sp³-hybridized carbons (Fsp3) is 0.803. The van der Waals surface area contributed by atoms with Gasteiger partial charge in [-0.3, -0.25) is 9.59 Å². The van der Waals surface area contributed by atoms with Crippen molar-refractivity contribution in [3.8, 4) is 0 Å². The maximum Gasteiger partial charge on any atom is 0.305 e. The van der Waals surface area contributed by atoms with Gasteiger partial charge in [-0.05, 0) is 84.0 Å². The predicted molar refractivity (Wildman–Crippen MR) is 296 cm³/mol. The maximum atomic E-state index is 13.0. The maximum absolute atomic E-state index is 13.0. The Balaban J connectivity index is 2.05. The lowest BCUT2D eigenvalue weighted by Crippen LogP contribution is -2.60. The Morgan fingerprint density at radius 3 is 1.51 bits per heavy atom. The summed E-state index contributed by atoms with van der Waals surface area (Å²) in [6, 6.07) is -0.842. The van der Waals surface area contributed by atoms with Gasteiger partial charge >= 0.3 is 5.97 Å². The molecule has 11 nitrogen and oxygen atoms in total. The third kappa shape index (κ3) is 39.8. The Morgan fingerprint density at radius 2 is 1.00 bits per heavy atom. The Labute approximate surface area is 439 Å². The number of nitrogens with one attached hydrogen (secondary N) is 1. The molecule has 0 aromatic carbocycles. The molecule has 11 heteroatoms. The molecule has 0 bridgehead atoms. The minimum Gasteiger partial charge on any atom is -0.466 e. The van der Waals surface area contributed by atoms with E-state index in [2.05, 4.69) is 54.8 Å². The fourth-order valence-electron chi connectivity index (χ4n) is 8.99. The lowest BCUT2D eigenvalue weighted by Gasteiger charge is -2.40. The zero-order chi connectivity index (χ0) is 52.4. The number of rotatable bonds is 50. The molecule has 0 aliphatic carbocycles. The summed E-state index contributed by atoms with van der Waals surface area (Å²) in [5.74, 6) is -0.237. The van der Waals surface area contributed by atoms with Crippen molar-refractivity contribution < 1.29 is 49.3 Å². The zero-order valence-electron chi connectivity index (χ0n) is 45.9. The normalized spacial score (nSPS) is 19.5. The van der Waals surface area contributed by atoms with Crippen LogP contribution in [0.5, 0.6) is 0 Å². The van der Waals surface area contributed by atoms with Gasteiger partial charge in [0.15, 0.2) is 6.29 Å². The molecule has 0 aromatic rings. The molecule has 1 rings (SSSR count). The van der Waals surface area contributed by atoms with E-state index in [-0.39, 0.29) is 18.5 Å². The van der Waals surface area contributed by atoms with Crippen LogP contribution in [0.25, 0.3) is 0 Å². The van der Waals surface area contributed by atoms with Gasteiger partial charge in [0.1, 0.15) is 24.4 Å². The molecule has 6 N–H and O–H groups in total. The molecule has 0 spiro atoms. The number of hydrogen-bond donors (Lipinski definition) is 6. The van der Waals surface area contributed by atoms with E-state index < -0.39 is 49.5 Å². The Kier molecular flexibility index (Phi) is 47.3. The SMILES string of the molecule is C/C=C/CC/C=C/CC/C=C/C(O)C(COC1OC(CO)C(O)C(O)C1O)NC(=O)CCCCCCCCCCCC/C=C\C=C/CCCCCOC(=O)CCCCCCCCCCCCCCCCCC. The first-order valence-electron chi connectivity index (χ1n) is 29.5. The average molecular weight is 1020 g/mol. The van der Waals surface area contributed by atoms with Gasteiger partial charge in [-0.1, -0.05) is 215 Å². The number of amides is 1. The number of ether oxygens (including phenoxy) is 3. The minimum atomic E-state index is -1.58. The third-order valence-corrected chi connectivity index (χ3v) is 13.7. The standard InChI is InChI=1S/C61H109NO10/c1-3-5-7-9-11-13-14-15-16-23-26-29-33-37-41-45-49-57(66)70-50-46-42-38-34-30-27-24-21-19-17-18-20-22-25-28-32-36-40-44-48-56(65)62-53(54(64)47-43-39-35-31-12-10-8-6-4-2)52-71-61-60(69)59(68)58(67)55(51-63)72-61/h4,6,12,21,24,27,30-31,43,47,53-55,58-61,63-64,67-69H,3,5,7-11,13-20,22-23,25-26,28-29,32-42,44-46,48-52H2,1-2H3,(H,62,65)/b6-4+,24-21-,30-27-,31-12+,47-43+. The average Bonchev–Trinajstić information content (AvgIpc) is 3.38. The number of aliphatic hydroxyl groups excluding tert-OH is 5. The second-order valence-corrected chi connectivity index (χ2v) is 20.4. The fourth-order valence-corrected chi connectivity index (χ4v) is 8.99. The molecule has 1 aliphatic heterocycles. The highest BCUT2D eigenvalue weighted by atomic mass is 16.7. The molecule has 1 fully saturated rings. The summed E-state index contributed by atoms with van der Waals surface area (Å²) in [7, 11) is 0. The van der Waals surface area contributed by atoms with Crippen LogP contribution in [-0.2, 0) is 23.8 Å². The second kappa shape index (κ2) is 50.5. The van der Waals surface area contributed by atoms with Gasteiger partial charge in [-0.2, -0.15) is 0 Å². The number of carbonyl (C=O) groups is 2. The first-order valence-corrected chi connectivity index (χ1v) is 29.5. The van der Waals surface area contributed by atoms with Crippen LogP contribution < -0.4 is 5.32 Å². The molecule has 1 aliphatic rings. The lowest BCUT2D eigenvalue weighted by atomic mass is 9.99. The Morgan fingerprint density at radius 1 is 0.542 bits per heavy atom. The third-order valence-electron chi connectivity index (χ3n) is 13.7. The van der Waals surface area contributed by atoms with Gasteiger partial charge in [0, 0.05) is 12.8 Å². The molecule has 1 heterocycles. The van der Waals surface area contributed by atoms with Gasteiger partial charge < -0.3 is 45.1 Å². The largest absolute Gasteiger partial charge is 0.466 e. The molecule has 0 saturated carbocycles. The molecule has 418 valence electrons. The molecular formula is C61H109NO10. The van der Waals surface area contributed by atoms with Crippen LogP contribution in [0.15, 0.2) is 60.8 Å². The van der Waals surface area contributed by atoms with Gasteiger partial charge in [0.2, 0.25) is 5.91 Å². The van der Waals surface area contributed by atoms with Crippen LogP contribution in [0.2, 0.25) is 0 Å². The van der Waals surface area contributed by atoms with Crippen molar-refractivity contribution in [2.45, 2.75) is 294 Å². The van der Waals surface area contributed by atoms with Gasteiger partial charge in [0.25, 0.3) is 0 Å². The number of hydrogen-bond acceptors (Lipinski definition) is 10. The molecule has 7 atom stereocenters. The van der Waals surface area contributed by atoms with E-state index in [0.717, 1.165) is 89.9 Å². The van der Waals surface area contributed by atoms with E-state index in [0.29, 0.717) is 25.9 Å². The smallest absolute Gasteiger partial charge is 0.305 e. The predicted octanol–water partition coefficient (Wildman–Crippen LogP) is 13.4. The van der Waals surface area contributed by atoms with Crippen molar-refractivity contribution in [1.82, 2.24) is 5.32 Å². The second-order valence-electron chi connectivity index (χ2n) is 20.4. The van der Waals surface area contributed by atoms with Gasteiger partial charge in [-0.15, -0.1) is 0 Å². The molecule has 0 aromatic heterocycles. The number of unbranched alkanes of at least 4 members (excludes halogenated alkanes) is 30. The van der Waals surface area contributed by atoms with Crippen LogP contribution >= 0.6 is 0 Å². The highest BCUT2D eigenvalue weighted by molar-refractivity contribution is 5.76. The molecule has 1 amide bonds. The highest BCUT2D eigenvalue weighted by Crippen LogP contribution is 2.23. The summed E-state index contributed by atoms with van der Waals surface area (Å²) in [4.78, 5) is 25.0. The molecule has 7 unspecified atom stereocenters. The lowest BCUT2D eigenvalue weighted by molar-refractivity contribution is -0.302. The van der Waals surface area contributed by atoms with Crippen molar-refractivity contribution in [3.05, 3.63) is 60.8 Å². The number of allylic oxidation sites excluding steroid dienone is 9. The number of aliphatic hydroxyl groups is 5. The van der Waals surface area contributed by atoms with Gasteiger partial charge in [-0.25, -0.2) is 0 Å². The minimum absolute atomic E-state index is 0.0267. The molecule has 0 radical (unpaired) electrons. The summed E-state index contributed by atoms with van der Waals surface area (Å²) in [5, 5.41) is 54.1. The number of carbonyl (C=O) groups excluding carboxylic acids is 2. The topological polar surface area (TPSA) is 175 Å². The first-order chi connectivity index (χ1) is 35.2. The van der Waals surface area contributed by atoms with Crippen LogP contribution in [0, 0.1) is 0 Å². The summed E-state index contributed by atoms with van der Waals surface area (Å²) >= 11 is 0. The van der Waals surface area contributed by atoms with E-state index >= 15 is 0 Å². The van der Waals surface area contributed by atoms with Crippen LogP contribution in [-0.4, -0.2) is 100 Å². The van der Waals surface area contributed by atoms with Crippen molar-refractivity contribution >= 4 is 11.9 Å². The van der Waals surface area contributed by atoms with E-state index in [4.69, 9.17) is 14.2 Å². The quantitative estimate of drug-likeness (QED) is 0.0149. The summed E-state index contributed by atoms with van der Waals surface area (Å²) in [6.45, 7) is 4.04. The molecular weight excluding hydrogens is 907 g/mol. The van der Waals surface area contributed by atoms with E-state index in [9.17, 15) is 35.1 Å². The Hall–Kier alpha value is -2.64. The number of esters is 1. The van der Waals surface area contributed by atoms with Crippen LogP contribution in [0.3, 0.4) is 0 Å². The summed E-state index contributed by atoms with van der Waals surface area (Å²) < 4.78 is 16.6. The van der Waals surface area contributed by atoms with E-state index in [1.807, 2.05) is 19.1 Å². The monoisotopic (exact) mass is 1020 g/mol. The first kappa shape index (κ1) is 67.4. The van der Waals surface area contributed by atoms with E-state index in [1.54, 1.807) is 6.08 Å². The van der Waals surface area contributed by atoms with Gasteiger partial charge in [0.05, 0.1) is 32.0 Å². The zero-order valence-corrected chi connectivity index (χ0v) is 45.9. The van der Waals surface area contributed by atoms with Crippen LogP contribution in [0.1, 0.15) is 251 Å². The van der Waals surface area contributed by atoms with Crippen molar-refractivity contribution in [3.63, 3.8) is 0 Å². The summed E-state index contributed by atoms with van der Waals surface area (Å²) in [6.07, 6.45) is 54.9. The van der Waals surface area contributed by atoms with Crippen molar-refractivity contribution in [1.29, 1.82) is 0 Å². The van der Waals surface area contributed by atoms with Crippen molar-refractivity contribution in [2.24, 2.45) is 0 Å².